The zero-order valence-electron chi connectivity index (χ0n) is 13.3. The normalized spacial score (nSPS) is 10.6. The Labute approximate surface area is 144 Å². The van der Waals surface area contributed by atoms with Crippen molar-refractivity contribution in [3.8, 4) is 11.1 Å². The van der Waals surface area contributed by atoms with Crippen molar-refractivity contribution in [2.75, 3.05) is 5.32 Å². The fourth-order valence-electron chi connectivity index (χ4n) is 2.53. The average Bonchev–Trinajstić information content (AvgIpc) is 2.69. The third-order valence-corrected chi connectivity index (χ3v) is 3.83. The number of nitrogens with zero attached hydrogens (tertiary/aromatic N) is 3. The van der Waals surface area contributed by atoms with Gasteiger partial charge in [0.05, 0.1) is 16.6 Å². The van der Waals surface area contributed by atoms with E-state index in [9.17, 15) is 4.79 Å². The number of pyridine rings is 3. The number of amides is 1. The van der Waals surface area contributed by atoms with Gasteiger partial charge in [-0.1, -0.05) is 30.3 Å². The highest BCUT2D eigenvalue weighted by molar-refractivity contribution is 6.05. The van der Waals surface area contributed by atoms with Crippen LogP contribution >= 0.6 is 0 Å². The molecule has 5 heteroatoms. The first-order valence-corrected chi connectivity index (χ1v) is 7.83. The molecule has 25 heavy (non-hydrogen) atoms. The van der Waals surface area contributed by atoms with Gasteiger partial charge in [-0.2, -0.15) is 0 Å². The number of benzene rings is 1. The summed E-state index contributed by atoms with van der Waals surface area (Å²) in [6.07, 6.45) is 4.96. The van der Waals surface area contributed by atoms with E-state index in [1.54, 1.807) is 24.5 Å². The van der Waals surface area contributed by atoms with Gasteiger partial charge < -0.3 is 5.32 Å². The molecule has 5 nitrogen and oxygen atoms in total. The van der Waals surface area contributed by atoms with Crippen molar-refractivity contribution in [2.24, 2.45) is 0 Å². The lowest BCUT2D eigenvalue weighted by Gasteiger charge is -2.06. The van der Waals surface area contributed by atoms with Crippen LogP contribution in [0.15, 0.2) is 79.3 Å². The molecule has 0 aliphatic rings. The molecule has 1 N–H and O–H groups in total. The van der Waals surface area contributed by atoms with Crippen LogP contribution in [-0.2, 0) is 0 Å². The fourth-order valence-corrected chi connectivity index (χ4v) is 2.53. The van der Waals surface area contributed by atoms with Gasteiger partial charge in [0.2, 0.25) is 0 Å². The quantitative estimate of drug-likeness (QED) is 0.619. The monoisotopic (exact) mass is 326 g/mol. The lowest BCUT2D eigenvalue weighted by Crippen LogP contribution is -2.13. The van der Waals surface area contributed by atoms with Crippen molar-refractivity contribution < 1.29 is 4.79 Å². The Bertz CT molecular complexity index is 1030. The van der Waals surface area contributed by atoms with Crippen LogP contribution < -0.4 is 5.32 Å². The molecule has 4 aromatic rings. The second-order valence-electron chi connectivity index (χ2n) is 5.52. The maximum Gasteiger partial charge on any atom is 0.258 e. The fraction of sp³-hybridized carbons (Fsp3) is 0. The molecule has 3 heterocycles. The molecule has 120 valence electrons. The predicted molar refractivity (Wildman–Crippen MR) is 97.2 cm³/mol. The molecular formula is C20H14N4O. The van der Waals surface area contributed by atoms with E-state index in [0.717, 1.165) is 16.6 Å². The predicted octanol–water partition coefficient (Wildman–Crippen LogP) is 3.94. The Hall–Kier alpha value is -3.60. The number of fused-ring (bicyclic) bond motifs is 1. The van der Waals surface area contributed by atoms with E-state index < -0.39 is 0 Å². The van der Waals surface area contributed by atoms with E-state index in [4.69, 9.17) is 0 Å². The molecule has 4 rings (SSSR count). The Kier molecular flexibility index (Phi) is 3.88. The van der Waals surface area contributed by atoms with Gasteiger partial charge >= 0.3 is 0 Å². The van der Waals surface area contributed by atoms with Crippen molar-refractivity contribution in [3.63, 3.8) is 0 Å². The first kappa shape index (κ1) is 15.0. The Morgan fingerprint density at radius 2 is 1.64 bits per heavy atom. The van der Waals surface area contributed by atoms with Crippen LogP contribution in [0.1, 0.15) is 10.4 Å². The molecule has 0 saturated carbocycles. The Morgan fingerprint density at radius 3 is 2.44 bits per heavy atom. The SMILES string of the molecule is O=C(Nc1ccc(-c2ccccc2)cn1)c1cnc2cccnc2c1. The first-order chi connectivity index (χ1) is 12.3. The van der Waals surface area contributed by atoms with Crippen molar-refractivity contribution in [2.45, 2.75) is 0 Å². The highest BCUT2D eigenvalue weighted by Gasteiger charge is 2.09. The van der Waals surface area contributed by atoms with Crippen LogP contribution in [0.3, 0.4) is 0 Å². The maximum absolute atomic E-state index is 12.4. The summed E-state index contributed by atoms with van der Waals surface area (Å²) in [6.45, 7) is 0. The van der Waals surface area contributed by atoms with Crippen LogP contribution in [0.4, 0.5) is 5.82 Å². The smallest absolute Gasteiger partial charge is 0.258 e. The van der Waals surface area contributed by atoms with Gasteiger partial charge in [0.1, 0.15) is 5.82 Å². The number of rotatable bonds is 3. The van der Waals surface area contributed by atoms with Crippen molar-refractivity contribution in [3.05, 3.63) is 84.8 Å². The lowest BCUT2D eigenvalue weighted by molar-refractivity contribution is 0.102. The van der Waals surface area contributed by atoms with Crippen LogP contribution in [0.2, 0.25) is 0 Å². The largest absolute Gasteiger partial charge is 0.307 e. The molecule has 0 bridgehead atoms. The molecule has 0 spiro atoms. The second kappa shape index (κ2) is 6.49. The highest BCUT2D eigenvalue weighted by Crippen LogP contribution is 2.19. The van der Waals surface area contributed by atoms with E-state index in [0.29, 0.717) is 16.9 Å². The number of nitrogens with one attached hydrogen (secondary N) is 1. The summed E-state index contributed by atoms with van der Waals surface area (Å²) in [6, 6.07) is 19.1. The molecule has 3 aromatic heterocycles. The third kappa shape index (κ3) is 3.21. The third-order valence-electron chi connectivity index (χ3n) is 3.83. The Balaban J connectivity index is 1.53. The van der Waals surface area contributed by atoms with Gasteiger partial charge in [-0.25, -0.2) is 4.98 Å². The molecule has 1 amide bonds. The van der Waals surface area contributed by atoms with E-state index in [1.165, 1.54) is 6.20 Å². The van der Waals surface area contributed by atoms with Crippen LogP contribution in [0, 0.1) is 0 Å². The van der Waals surface area contributed by atoms with Crippen LogP contribution in [0.5, 0.6) is 0 Å². The molecule has 0 unspecified atom stereocenters. The summed E-state index contributed by atoms with van der Waals surface area (Å²) in [7, 11) is 0. The van der Waals surface area contributed by atoms with Gasteiger partial charge in [0.15, 0.2) is 0 Å². The van der Waals surface area contributed by atoms with Crippen molar-refractivity contribution in [1.29, 1.82) is 0 Å². The zero-order valence-corrected chi connectivity index (χ0v) is 13.3. The number of anilines is 1. The molecule has 0 fully saturated rings. The van der Waals surface area contributed by atoms with E-state index >= 15 is 0 Å². The summed E-state index contributed by atoms with van der Waals surface area (Å²) in [5, 5.41) is 2.78. The van der Waals surface area contributed by atoms with Gasteiger partial charge in [-0.15, -0.1) is 0 Å². The zero-order chi connectivity index (χ0) is 17.1. The second-order valence-corrected chi connectivity index (χ2v) is 5.52. The minimum Gasteiger partial charge on any atom is -0.307 e. The topological polar surface area (TPSA) is 67.8 Å². The van der Waals surface area contributed by atoms with E-state index in [2.05, 4.69) is 20.3 Å². The number of hydrogen-bond donors (Lipinski definition) is 1. The number of hydrogen-bond acceptors (Lipinski definition) is 4. The number of aromatic nitrogens is 3. The lowest BCUT2D eigenvalue weighted by atomic mass is 10.1. The maximum atomic E-state index is 12.4. The van der Waals surface area contributed by atoms with Gasteiger partial charge in [-0.3, -0.25) is 14.8 Å². The van der Waals surface area contributed by atoms with E-state index in [-0.39, 0.29) is 5.91 Å². The molecule has 0 atom stereocenters. The van der Waals surface area contributed by atoms with Crippen molar-refractivity contribution >= 4 is 22.8 Å². The summed E-state index contributed by atoms with van der Waals surface area (Å²) < 4.78 is 0. The van der Waals surface area contributed by atoms with Gasteiger partial charge in [0, 0.05) is 24.2 Å². The number of carbonyl (C=O) groups is 1. The molecular weight excluding hydrogens is 312 g/mol. The van der Waals surface area contributed by atoms with E-state index in [1.807, 2.05) is 48.5 Å². The van der Waals surface area contributed by atoms with Gasteiger partial charge in [-0.05, 0) is 35.9 Å². The van der Waals surface area contributed by atoms with Crippen LogP contribution in [0.25, 0.3) is 22.2 Å². The summed E-state index contributed by atoms with van der Waals surface area (Å²) >= 11 is 0. The minimum atomic E-state index is -0.264. The van der Waals surface area contributed by atoms with Gasteiger partial charge in [0.25, 0.3) is 5.91 Å². The molecule has 0 saturated heterocycles. The number of carbonyl (C=O) groups excluding carboxylic acids is 1. The highest BCUT2D eigenvalue weighted by atomic mass is 16.1. The summed E-state index contributed by atoms with van der Waals surface area (Å²) in [4.78, 5) is 25.2. The molecule has 0 radical (unpaired) electrons. The molecule has 0 aliphatic heterocycles. The molecule has 1 aromatic carbocycles. The molecule has 0 aliphatic carbocycles. The first-order valence-electron chi connectivity index (χ1n) is 7.83. The van der Waals surface area contributed by atoms with Crippen LogP contribution in [-0.4, -0.2) is 20.9 Å². The average molecular weight is 326 g/mol. The summed E-state index contributed by atoms with van der Waals surface area (Å²) in [5.74, 6) is 0.228. The van der Waals surface area contributed by atoms with Crippen molar-refractivity contribution in [1.82, 2.24) is 15.0 Å². The Morgan fingerprint density at radius 1 is 0.760 bits per heavy atom. The standard InChI is InChI=1S/C20H14N4O/c25-20(16-11-18-17(22-13-16)7-4-10-21-18)24-19-9-8-15(12-23-19)14-5-2-1-3-6-14/h1-13H,(H,23,24,25). The summed E-state index contributed by atoms with van der Waals surface area (Å²) in [5.41, 5.74) is 3.96. The minimum absolute atomic E-state index is 0.264.